The van der Waals surface area contributed by atoms with Gasteiger partial charge in [-0.25, -0.2) is 8.42 Å². The van der Waals surface area contributed by atoms with Gasteiger partial charge in [0, 0.05) is 29.7 Å². The lowest BCUT2D eigenvalue weighted by atomic mass is 10.00. The van der Waals surface area contributed by atoms with Gasteiger partial charge in [-0.3, -0.25) is 4.79 Å². The third kappa shape index (κ3) is 4.29. The predicted octanol–water partition coefficient (Wildman–Crippen LogP) is 1.74. The average Bonchev–Trinajstić information content (AvgIpc) is 2.25. The number of likely N-dealkylation sites (tertiary alicyclic amines) is 1. The molecule has 0 bridgehead atoms. The van der Waals surface area contributed by atoms with Gasteiger partial charge in [0.2, 0.25) is 15.0 Å². The molecule has 0 aromatic heterocycles. The van der Waals surface area contributed by atoms with Crippen molar-refractivity contribution in [3.63, 3.8) is 0 Å². The number of hydrogen-bond donors (Lipinski definition) is 0. The second kappa shape index (κ2) is 5.87. The molecule has 1 amide bonds. The van der Waals surface area contributed by atoms with Crippen LogP contribution >= 0.6 is 10.7 Å². The summed E-state index contributed by atoms with van der Waals surface area (Å²) in [5.74, 6) is -0.351. The molecule has 1 fully saturated rings. The van der Waals surface area contributed by atoms with E-state index in [1.54, 1.807) is 0 Å². The zero-order valence-electron chi connectivity index (χ0n) is 9.49. The van der Waals surface area contributed by atoms with Crippen LogP contribution in [0.3, 0.4) is 0 Å². The summed E-state index contributed by atoms with van der Waals surface area (Å²) in [6.45, 7) is 2.80. The van der Waals surface area contributed by atoms with Crippen LogP contribution in [-0.2, 0) is 13.8 Å². The van der Waals surface area contributed by atoms with Crippen LogP contribution in [0, 0.1) is 0 Å². The number of hydrogen-bond acceptors (Lipinski definition) is 3. The first kappa shape index (κ1) is 13.8. The Balaban J connectivity index is 2.51. The summed E-state index contributed by atoms with van der Waals surface area (Å²) in [6, 6.07) is 0.277. The smallest absolute Gasteiger partial charge is 0.233 e. The Kier molecular flexibility index (Phi) is 5.05. The van der Waals surface area contributed by atoms with Crippen LogP contribution in [0.1, 0.15) is 39.0 Å². The van der Waals surface area contributed by atoms with E-state index in [1.165, 1.54) is 0 Å². The summed E-state index contributed by atoms with van der Waals surface area (Å²) in [5, 5.41) is 0. The summed E-state index contributed by atoms with van der Waals surface area (Å²) < 4.78 is 21.5. The molecule has 1 atom stereocenters. The van der Waals surface area contributed by atoms with E-state index < -0.39 is 9.05 Å². The molecular formula is C10H18ClNO3S. The first-order valence-corrected chi connectivity index (χ1v) is 8.13. The van der Waals surface area contributed by atoms with Crippen LogP contribution in [0.5, 0.6) is 0 Å². The zero-order valence-corrected chi connectivity index (χ0v) is 11.1. The minimum Gasteiger partial charge on any atom is -0.340 e. The molecule has 0 saturated carbocycles. The van der Waals surface area contributed by atoms with E-state index in [0.717, 1.165) is 32.2 Å². The molecule has 16 heavy (non-hydrogen) atoms. The van der Waals surface area contributed by atoms with Crippen molar-refractivity contribution in [1.29, 1.82) is 0 Å². The van der Waals surface area contributed by atoms with Crippen LogP contribution in [0.4, 0.5) is 0 Å². The van der Waals surface area contributed by atoms with E-state index >= 15 is 0 Å². The molecule has 1 rings (SSSR count). The van der Waals surface area contributed by atoms with E-state index in [9.17, 15) is 13.2 Å². The Morgan fingerprint density at radius 2 is 2.12 bits per heavy atom. The Morgan fingerprint density at radius 3 is 2.69 bits per heavy atom. The minimum atomic E-state index is -3.56. The number of carbonyl (C=O) groups is 1. The van der Waals surface area contributed by atoms with Gasteiger partial charge in [0.1, 0.15) is 0 Å². The highest BCUT2D eigenvalue weighted by molar-refractivity contribution is 8.13. The van der Waals surface area contributed by atoms with Gasteiger partial charge in [0.05, 0.1) is 5.75 Å². The van der Waals surface area contributed by atoms with E-state index in [2.05, 4.69) is 6.92 Å². The number of halogens is 1. The van der Waals surface area contributed by atoms with Crippen molar-refractivity contribution in [2.45, 2.75) is 45.1 Å². The van der Waals surface area contributed by atoms with Gasteiger partial charge in [-0.2, -0.15) is 0 Å². The number of carbonyl (C=O) groups excluding carboxylic acids is 1. The quantitative estimate of drug-likeness (QED) is 0.729. The third-order valence-electron chi connectivity index (χ3n) is 2.98. The number of piperidine rings is 1. The molecule has 1 heterocycles. The van der Waals surface area contributed by atoms with Crippen LogP contribution in [0.2, 0.25) is 0 Å². The molecule has 1 unspecified atom stereocenters. The van der Waals surface area contributed by atoms with Crippen LogP contribution in [-0.4, -0.2) is 37.6 Å². The average molecular weight is 268 g/mol. The van der Waals surface area contributed by atoms with Crippen molar-refractivity contribution < 1.29 is 13.2 Å². The van der Waals surface area contributed by atoms with Gasteiger partial charge in [0.15, 0.2) is 0 Å². The number of nitrogens with zero attached hydrogens (tertiary/aromatic N) is 1. The Hall–Kier alpha value is -0.290. The molecular weight excluding hydrogens is 250 g/mol. The first-order valence-electron chi connectivity index (χ1n) is 5.66. The largest absolute Gasteiger partial charge is 0.340 e. The van der Waals surface area contributed by atoms with E-state index in [4.69, 9.17) is 10.7 Å². The first-order chi connectivity index (χ1) is 7.44. The number of amides is 1. The highest BCUT2D eigenvalue weighted by atomic mass is 35.7. The molecule has 0 aromatic rings. The van der Waals surface area contributed by atoms with Crippen LogP contribution in [0.25, 0.3) is 0 Å². The van der Waals surface area contributed by atoms with Crippen LogP contribution < -0.4 is 0 Å². The lowest BCUT2D eigenvalue weighted by Gasteiger charge is -2.35. The zero-order chi connectivity index (χ0) is 12.2. The summed E-state index contributed by atoms with van der Waals surface area (Å²) in [5.41, 5.74) is 0. The van der Waals surface area contributed by atoms with Crippen molar-refractivity contribution >= 4 is 25.6 Å². The fourth-order valence-corrected chi connectivity index (χ4v) is 2.76. The number of rotatable bonds is 4. The van der Waals surface area contributed by atoms with E-state index in [0.29, 0.717) is 0 Å². The fraction of sp³-hybridized carbons (Fsp3) is 0.900. The van der Waals surface area contributed by atoms with Crippen molar-refractivity contribution in [1.82, 2.24) is 4.90 Å². The summed E-state index contributed by atoms with van der Waals surface area (Å²) in [6.07, 6.45) is 4.11. The van der Waals surface area contributed by atoms with Crippen LogP contribution in [0.15, 0.2) is 0 Å². The maximum atomic E-state index is 11.8. The standard InChI is InChI=1S/C10H18ClNO3S/c1-2-9-5-3-4-7-12(9)10(13)6-8-16(11,14)15/h9H,2-8H2,1H3. The summed E-state index contributed by atoms with van der Waals surface area (Å²) in [4.78, 5) is 13.6. The lowest BCUT2D eigenvalue weighted by Crippen LogP contribution is -2.43. The molecule has 6 heteroatoms. The highest BCUT2D eigenvalue weighted by Crippen LogP contribution is 2.20. The molecule has 1 aliphatic rings. The van der Waals surface area contributed by atoms with Crippen molar-refractivity contribution in [2.75, 3.05) is 12.3 Å². The summed E-state index contributed by atoms with van der Waals surface area (Å²) in [7, 11) is 1.53. The van der Waals surface area contributed by atoms with Gasteiger partial charge in [0.25, 0.3) is 0 Å². The van der Waals surface area contributed by atoms with Crippen molar-refractivity contribution in [3.05, 3.63) is 0 Å². The molecule has 1 saturated heterocycles. The predicted molar refractivity (Wildman–Crippen MR) is 63.9 cm³/mol. The topological polar surface area (TPSA) is 54.5 Å². The molecule has 0 spiro atoms. The molecule has 0 aromatic carbocycles. The van der Waals surface area contributed by atoms with Crippen molar-refractivity contribution in [2.24, 2.45) is 0 Å². The minimum absolute atomic E-state index is 0.00231. The SMILES string of the molecule is CCC1CCCCN1C(=O)CCS(=O)(=O)Cl. The Labute approximate surface area is 101 Å². The Morgan fingerprint density at radius 1 is 1.44 bits per heavy atom. The molecule has 0 aliphatic carbocycles. The maximum Gasteiger partial charge on any atom is 0.233 e. The molecule has 0 N–H and O–H groups in total. The Bertz CT molecular complexity index is 342. The highest BCUT2D eigenvalue weighted by Gasteiger charge is 2.25. The molecule has 0 radical (unpaired) electrons. The normalized spacial score (nSPS) is 22.1. The second-order valence-corrected chi connectivity index (χ2v) is 7.03. The molecule has 94 valence electrons. The van der Waals surface area contributed by atoms with Gasteiger partial charge in [-0.05, 0) is 25.7 Å². The van der Waals surface area contributed by atoms with Gasteiger partial charge < -0.3 is 4.90 Å². The molecule has 4 nitrogen and oxygen atoms in total. The lowest BCUT2D eigenvalue weighted by molar-refractivity contribution is -0.134. The fourth-order valence-electron chi connectivity index (χ4n) is 2.11. The monoisotopic (exact) mass is 267 g/mol. The second-order valence-electron chi connectivity index (χ2n) is 4.14. The third-order valence-corrected chi connectivity index (χ3v) is 4.13. The maximum absolute atomic E-state index is 11.8. The summed E-state index contributed by atoms with van der Waals surface area (Å²) >= 11 is 0. The van der Waals surface area contributed by atoms with Crippen molar-refractivity contribution in [3.8, 4) is 0 Å². The van der Waals surface area contributed by atoms with E-state index in [-0.39, 0.29) is 24.1 Å². The molecule has 1 aliphatic heterocycles. The van der Waals surface area contributed by atoms with Gasteiger partial charge in [-0.1, -0.05) is 6.92 Å². The van der Waals surface area contributed by atoms with Gasteiger partial charge >= 0.3 is 0 Å². The van der Waals surface area contributed by atoms with E-state index in [1.807, 2.05) is 4.90 Å². The van der Waals surface area contributed by atoms with Gasteiger partial charge in [-0.15, -0.1) is 0 Å².